The second kappa shape index (κ2) is 8.02. The van der Waals surface area contributed by atoms with Gasteiger partial charge in [0.05, 0.1) is 34.5 Å². The topological polar surface area (TPSA) is 90.5 Å². The minimum Gasteiger partial charge on any atom is -0.378 e. The lowest BCUT2D eigenvalue weighted by molar-refractivity contribution is -0.384. The number of nitrogens with zero attached hydrogens (tertiary/aromatic N) is 4. The van der Waals surface area contributed by atoms with Crippen LogP contribution >= 0.6 is 11.6 Å². The molecule has 3 aromatic rings. The summed E-state index contributed by atoms with van der Waals surface area (Å²) in [4.78, 5) is 25.3. The molecule has 0 spiro atoms. The lowest BCUT2D eigenvalue weighted by Gasteiger charge is -2.26. The number of para-hydroxylation sites is 1. The minimum absolute atomic E-state index is 0.0103. The summed E-state index contributed by atoms with van der Waals surface area (Å²) in [5, 5.41) is 16.0. The molecule has 9 heteroatoms. The summed E-state index contributed by atoms with van der Waals surface area (Å²) in [7, 11) is 0. The van der Waals surface area contributed by atoms with Gasteiger partial charge < -0.3 is 9.64 Å². The van der Waals surface area contributed by atoms with Crippen LogP contribution < -0.4 is 0 Å². The summed E-state index contributed by atoms with van der Waals surface area (Å²) < 4.78 is 6.86. The zero-order valence-corrected chi connectivity index (χ0v) is 16.1. The predicted molar refractivity (Wildman–Crippen MR) is 107 cm³/mol. The number of hydrogen-bond donors (Lipinski definition) is 0. The number of carbonyl (C=O) groups excluding carboxylic acids is 1. The van der Waals surface area contributed by atoms with Crippen LogP contribution in [0.2, 0.25) is 5.02 Å². The maximum Gasteiger partial charge on any atom is 0.272 e. The van der Waals surface area contributed by atoms with E-state index in [-0.39, 0.29) is 11.6 Å². The Morgan fingerprint density at radius 3 is 2.45 bits per heavy atom. The standard InChI is InChI=1S/C20H17ClN4O4/c21-16-3-1-2-4-18(16)24-19(20(26)23-9-11-29-12-10-23)13-17(22-24)14-5-7-15(8-6-14)25(27)28/h1-8,13H,9-12H2. The molecule has 0 atom stereocenters. The maximum atomic E-state index is 13.2. The fraction of sp³-hybridized carbons (Fsp3) is 0.200. The first-order chi connectivity index (χ1) is 14.0. The summed E-state index contributed by atoms with van der Waals surface area (Å²) in [6, 6.07) is 14.9. The van der Waals surface area contributed by atoms with Gasteiger partial charge in [0.1, 0.15) is 5.69 Å². The van der Waals surface area contributed by atoms with Crippen molar-refractivity contribution in [3.63, 3.8) is 0 Å². The number of nitro groups is 1. The third-order valence-electron chi connectivity index (χ3n) is 4.68. The Morgan fingerprint density at radius 1 is 1.10 bits per heavy atom. The van der Waals surface area contributed by atoms with Gasteiger partial charge >= 0.3 is 0 Å². The Bertz CT molecular complexity index is 1060. The van der Waals surface area contributed by atoms with Crippen molar-refractivity contribution >= 4 is 23.2 Å². The minimum atomic E-state index is -0.459. The first kappa shape index (κ1) is 19.1. The maximum absolute atomic E-state index is 13.2. The molecular formula is C20H17ClN4O4. The Labute approximate surface area is 171 Å². The average Bonchev–Trinajstić information content (AvgIpc) is 3.19. The Morgan fingerprint density at radius 2 is 1.79 bits per heavy atom. The number of aromatic nitrogens is 2. The Balaban J connectivity index is 1.79. The number of rotatable bonds is 4. The number of morpholine rings is 1. The molecule has 1 fully saturated rings. The van der Waals surface area contributed by atoms with E-state index in [0.717, 1.165) is 0 Å². The number of halogens is 1. The fourth-order valence-electron chi connectivity index (χ4n) is 3.16. The van der Waals surface area contributed by atoms with Crippen molar-refractivity contribution in [1.29, 1.82) is 0 Å². The summed E-state index contributed by atoms with van der Waals surface area (Å²) in [6.07, 6.45) is 0. The van der Waals surface area contributed by atoms with Crippen molar-refractivity contribution in [3.8, 4) is 16.9 Å². The Hall–Kier alpha value is -3.23. The zero-order chi connectivity index (χ0) is 20.4. The van der Waals surface area contributed by atoms with Gasteiger partial charge in [0.2, 0.25) is 0 Å². The lowest BCUT2D eigenvalue weighted by Crippen LogP contribution is -2.41. The number of nitro benzene ring substituents is 1. The molecule has 1 aromatic heterocycles. The predicted octanol–water partition coefficient (Wildman–Crippen LogP) is 3.57. The van der Waals surface area contributed by atoms with Gasteiger partial charge in [-0.1, -0.05) is 23.7 Å². The second-order valence-corrected chi connectivity index (χ2v) is 6.89. The number of carbonyl (C=O) groups is 1. The summed E-state index contributed by atoms with van der Waals surface area (Å²) >= 11 is 6.35. The van der Waals surface area contributed by atoms with E-state index in [1.54, 1.807) is 41.3 Å². The van der Waals surface area contributed by atoms with Crippen molar-refractivity contribution in [2.45, 2.75) is 0 Å². The quantitative estimate of drug-likeness (QED) is 0.482. The molecule has 0 radical (unpaired) electrons. The van der Waals surface area contributed by atoms with Crippen LogP contribution in [0.25, 0.3) is 16.9 Å². The van der Waals surface area contributed by atoms with Crippen LogP contribution in [0.4, 0.5) is 5.69 Å². The Kier molecular flexibility index (Phi) is 5.28. The summed E-state index contributed by atoms with van der Waals surface area (Å²) in [5.74, 6) is -0.172. The van der Waals surface area contributed by atoms with Gasteiger partial charge in [0.25, 0.3) is 11.6 Å². The van der Waals surface area contributed by atoms with Crippen molar-refractivity contribution in [1.82, 2.24) is 14.7 Å². The molecule has 1 amide bonds. The number of ether oxygens (including phenoxy) is 1. The van der Waals surface area contributed by atoms with Crippen LogP contribution in [0, 0.1) is 10.1 Å². The van der Waals surface area contributed by atoms with Gasteiger partial charge in [-0.15, -0.1) is 0 Å². The van der Waals surface area contributed by atoms with Crippen molar-refractivity contribution in [3.05, 3.63) is 75.4 Å². The van der Waals surface area contributed by atoms with Crippen molar-refractivity contribution < 1.29 is 14.5 Å². The molecular weight excluding hydrogens is 396 g/mol. The van der Waals surface area contributed by atoms with Gasteiger partial charge in [-0.3, -0.25) is 14.9 Å². The van der Waals surface area contributed by atoms with Crippen molar-refractivity contribution in [2.24, 2.45) is 0 Å². The van der Waals surface area contributed by atoms with E-state index in [4.69, 9.17) is 16.3 Å². The first-order valence-corrected chi connectivity index (χ1v) is 9.39. The number of benzene rings is 2. The number of hydrogen-bond acceptors (Lipinski definition) is 5. The average molecular weight is 413 g/mol. The van der Waals surface area contributed by atoms with Crippen LogP contribution in [-0.2, 0) is 4.74 Å². The summed E-state index contributed by atoms with van der Waals surface area (Å²) in [6.45, 7) is 1.97. The van der Waals surface area contributed by atoms with E-state index < -0.39 is 4.92 Å². The van der Waals surface area contributed by atoms with E-state index in [1.165, 1.54) is 16.8 Å². The molecule has 29 heavy (non-hydrogen) atoms. The van der Waals surface area contributed by atoms with E-state index in [0.29, 0.717) is 54.0 Å². The van der Waals surface area contributed by atoms with Gasteiger partial charge in [-0.05, 0) is 30.3 Å². The third kappa shape index (κ3) is 3.85. The molecule has 0 unspecified atom stereocenters. The molecule has 2 aromatic carbocycles. The highest BCUT2D eigenvalue weighted by Gasteiger charge is 2.25. The van der Waals surface area contributed by atoms with Gasteiger partial charge in [-0.25, -0.2) is 4.68 Å². The highest BCUT2D eigenvalue weighted by Crippen LogP contribution is 2.27. The number of non-ortho nitro benzene ring substituents is 1. The first-order valence-electron chi connectivity index (χ1n) is 9.01. The van der Waals surface area contributed by atoms with Crippen LogP contribution in [0.5, 0.6) is 0 Å². The van der Waals surface area contributed by atoms with Crippen LogP contribution in [0.15, 0.2) is 54.6 Å². The van der Waals surface area contributed by atoms with Gasteiger partial charge in [-0.2, -0.15) is 5.10 Å². The summed E-state index contributed by atoms with van der Waals surface area (Å²) in [5.41, 5.74) is 2.13. The van der Waals surface area contributed by atoms with E-state index in [9.17, 15) is 14.9 Å². The molecule has 148 valence electrons. The van der Waals surface area contributed by atoms with Crippen LogP contribution in [0.3, 0.4) is 0 Å². The largest absolute Gasteiger partial charge is 0.378 e. The van der Waals surface area contributed by atoms with Crippen LogP contribution in [0.1, 0.15) is 10.5 Å². The zero-order valence-electron chi connectivity index (χ0n) is 15.3. The third-order valence-corrected chi connectivity index (χ3v) is 5.00. The van der Waals surface area contributed by atoms with Crippen LogP contribution in [-0.4, -0.2) is 51.8 Å². The van der Waals surface area contributed by atoms with E-state index >= 15 is 0 Å². The molecule has 0 N–H and O–H groups in total. The molecule has 1 saturated heterocycles. The number of amides is 1. The van der Waals surface area contributed by atoms with Crippen molar-refractivity contribution in [2.75, 3.05) is 26.3 Å². The normalized spacial score (nSPS) is 14.0. The molecule has 4 rings (SSSR count). The molecule has 0 bridgehead atoms. The lowest BCUT2D eigenvalue weighted by atomic mass is 10.1. The molecule has 2 heterocycles. The van der Waals surface area contributed by atoms with Gasteiger partial charge in [0.15, 0.2) is 0 Å². The molecule has 8 nitrogen and oxygen atoms in total. The second-order valence-electron chi connectivity index (χ2n) is 6.49. The molecule has 1 aliphatic rings. The molecule has 0 aliphatic carbocycles. The monoisotopic (exact) mass is 412 g/mol. The van der Waals surface area contributed by atoms with Gasteiger partial charge in [0, 0.05) is 30.8 Å². The van der Waals surface area contributed by atoms with E-state index in [2.05, 4.69) is 5.10 Å². The van der Waals surface area contributed by atoms with E-state index in [1.807, 2.05) is 6.07 Å². The highest BCUT2D eigenvalue weighted by atomic mass is 35.5. The molecule has 0 saturated carbocycles. The highest BCUT2D eigenvalue weighted by molar-refractivity contribution is 6.32. The SMILES string of the molecule is O=C(c1cc(-c2ccc([N+](=O)[O-])cc2)nn1-c1ccccc1Cl)N1CCOCC1. The fourth-order valence-corrected chi connectivity index (χ4v) is 3.38. The smallest absolute Gasteiger partial charge is 0.272 e. The molecule has 1 aliphatic heterocycles.